The fourth-order valence-corrected chi connectivity index (χ4v) is 4.74. The van der Waals surface area contributed by atoms with E-state index in [1.165, 1.54) is 42.5 Å². The summed E-state index contributed by atoms with van der Waals surface area (Å²) in [6.45, 7) is 0. The number of amides is 1. The van der Waals surface area contributed by atoms with Gasteiger partial charge in [-0.3, -0.25) is 4.79 Å². The summed E-state index contributed by atoms with van der Waals surface area (Å²) in [5, 5.41) is 2.69. The van der Waals surface area contributed by atoms with Crippen LogP contribution >= 0.6 is 11.3 Å². The van der Waals surface area contributed by atoms with Crippen molar-refractivity contribution >= 4 is 32.1 Å². The Balaban J connectivity index is 1.85. The first-order valence-corrected chi connectivity index (χ1v) is 9.34. The SMILES string of the molecule is O=C(Nc1ccc(S(=O)(=O)c2cccc(F)c2)s1)c1ccccc1F. The summed E-state index contributed by atoms with van der Waals surface area (Å²) in [6.07, 6.45) is 0. The summed E-state index contributed by atoms with van der Waals surface area (Å²) in [5.41, 5.74) is -0.148. The molecule has 0 unspecified atom stereocenters. The van der Waals surface area contributed by atoms with Crippen LogP contribution < -0.4 is 5.32 Å². The van der Waals surface area contributed by atoms with Gasteiger partial charge in [0, 0.05) is 0 Å². The largest absolute Gasteiger partial charge is 0.313 e. The minimum absolute atomic E-state index is 0.0538. The summed E-state index contributed by atoms with van der Waals surface area (Å²) >= 11 is 0.805. The molecule has 0 aliphatic heterocycles. The topological polar surface area (TPSA) is 63.2 Å². The Morgan fingerprint density at radius 1 is 0.960 bits per heavy atom. The van der Waals surface area contributed by atoms with Crippen LogP contribution in [-0.2, 0) is 9.84 Å². The molecular weight excluding hydrogens is 368 g/mol. The maximum atomic E-state index is 13.6. The zero-order valence-electron chi connectivity index (χ0n) is 12.6. The van der Waals surface area contributed by atoms with Crippen molar-refractivity contribution < 1.29 is 22.0 Å². The van der Waals surface area contributed by atoms with Crippen molar-refractivity contribution in [1.29, 1.82) is 0 Å². The number of nitrogens with one attached hydrogen (secondary N) is 1. The van der Waals surface area contributed by atoms with Crippen molar-refractivity contribution in [2.24, 2.45) is 0 Å². The highest BCUT2D eigenvalue weighted by Gasteiger charge is 2.21. The highest BCUT2D eigenvalue weighted by atomic mass is 32.2. The van der Waals surface area contributed by atoms with Gasteiger partial charge in [-0.15, -0.1) is 11.3 Å². The van der Waals surface area contributed by atoms with Gasteiger partial charge in [0.2, 0.25) is 9.84 Å². The lowest BCUT2D eigenvalue weighted by molar-refractivity contribution is 0.102. The number of benzene rings is 2. The molecular formula is C17H11F2NO3S2. The fourth-order valence-electron chi connectivity index (χ4n) is 2.11. The molecule has 0 saturated heterocycles. The van der Waals surface area contributed by atoms with E-state index in [1.807, 2.05) is 0 Å². The predicted molar refractivity (Wildman–Crippen MR) is 90.5 cm³/mol. The molecule has 128 valence electrons. The van der Waals surface area contributed by atoms with Crippen molar-refractivity contribution in [1.82, 2.24) is 0 Å². The van der Waals surface area contributed by atoms with Crippen LogP contribution in [0.3, 0.4) is 0 Å². The Morgan fingerprint density at radius 2 is 1.72 bits per heavy atom. The third-order valence-electron chi connectivity index (χ3n) is 3.31. The highest BCUT2D eigenvalue weighted by molar-refractivity contribution is 7.93. The molecule has 8 heteroatoms. The molecule has 0 aliphatic carbocycles. The first kappa shape index (κ1) is 17.2. The van der Waals surface area contributed by atoms with Crippen LogP contribution in [0.2, 0.25) is 0 Å². The number of hydrogen-bond donors (Lipinski definition) is 1. The number of anilines is 1. The van der Waals surface area contributed by atoms with Gasteiger partial charge in [-0.05, 0) is 42.5 Å². The van der Waals surface area contributed by atoms with E-state index in [4.69, 9.17) is 0 Å². The summed E-state index contributed by atoms with van der Waals surface area (Å²) < 4.78 is 51.8. The third kappa shape index (κ3) is 3.59. The molecule has 0 bridgehead atoms. The average molecular weight is 379 g/mol. The lowest BCUT2D eigenvalue weighted by atomic mass is 10.2. The highest BCUT2D eigenvalue weighted by Crippen LogP contribution is 2.31. The molecule has 0 saturated carbocycles. The van der Waals surface area contributed by atoms with Crippen LogP contribution in [0, 0.1) is 11.6 Å². The molecule has 0 fully saturated rings. The first-order chi connectivity index (χ1) is 11.9. The molecule has 25 heavy (non-hydrogen) atoms. The van der Waals surface area contributed by atoms with Gasteiger partial charge in [0.05, 0.1) is 15.5 Å². The minimum atomic E-state index is -3.90. The molecule has 1 amide bonds. The summed E-state index contributed by atoms with van der Waals surface area (Å²) in [6, 6.07) is 12.8. The molecule has 1 N–H and O–H groups in total. The van der Waals surface area contributed by atoms with Gasteiger partial charge < -0.3 is 5.32 Å². The Hall–Kier alpha value is -2.58. The van der Waals surface area contributed by atoms with Crippen molar-refractivity contribution in [3.8, 4) is 0 Å². The Kier molecular flexibility index (Phi) is 4.65. The summed E-state index contributed by atoms with van der Waals surface area (Å²) in [7, 11) is -3.90. The molecule has 3 rings (SSSR count). The number of sulfone groups is 1. The number of carbonyl (C=O) groups excluding carboxylic acids is 1. The molecule has 0 spiro atoms. The van der Waals surface area contributed by atoms with E-state index >= 15 is 0 Å². The second-order valence-electron chi connectivity index (χ2n) is 5.01. The van der Waals surface area contributed by atoms with Crippen LogP contribution in [0.15, 0.2) is 69.8 Å². The van der Waals surface area contributed by atoms with Crippen molar-refractivity contribution in [3.05, 3.63) is 77.9 Å². The van der Waals surface area contributed by atoms with E-state index in [0.717, 1.165) is 29.5 Å². The lowest BCUT2D eigenvalue weighted by Crippen LogP contribution is -2.12. The average Bonchev–Trinajstić information content (AvgIpc) is 3.04. The minimum Gasteiger partial charge on any atom is -0.313 e. The number of thiophene rings is 1. The molecule has 3 aromatic rings. The number of halogens is 2. The van der Waals surface area contributed by atoms with E-state index in [-0.39, 0.29) is 19.7 Å². The predicted octanol–water partition coefficient (Wildman–Crippen LogP) is 4.11. The second kappa shape index (κ2) is 6.73. The summed E-state index contributed by atoms with van der Waals surface area (Å²) in [5.74, 6) is -2.02. The second-order valence-corrected chi connectivity index (χ2v) is 8.27. The maximum absolute atomic E-state index is 13.6. The molecule has 0 aliphatic rings. The number of rotatable bonds is 4. The molecule has 4 nitrogen and oxygen atoms in total. The van der Waals surface area contributed by atoms with Gasteiger partial charge >= 0.3 is 0 Å². The Morgan fingerprint density at radius 3 is 2.44 bits per heavy atom. The zero-order chi connectivity index (χ0) is 18.0. The van der Waals surface area contributed by atoms with Crippen LogP contribution in [-0.4, -0.2) is 14.3 Å². The summed E-state index contributed by atoms with van der Waals surface area (Å²) in [4.78, 5) is 11.9. The number of carbonyl (C=O) groups is 1. The van der Waals surface area contributed by atoms with E-state index in [2.05, 4.69) is 5.32 Å². The lowest BCUT2D eigenvalue weighted by Gasteiger charge is -2.04. The van der Waals surface area contributed by atoms with Crippen molar-refractivity contribution in [2.45, 2.75) is 9.10 Å². The third-order valence-corrected chi connectivity index (χ3v) is 6.55. The monoisotopic (exact) mass is 379 g/mol. The van der Waals surface area contributed by atoms with Crippen molar-refractivity contribution in [3.63, 3.8) is 0 Å². The Bertz CT molecular complexity index is 1050. The van der Waals surface area contributed by atoms with Gasteiger partial charge in [0.25, 0.3) is 5.91 Å². The Labute approximate surface area is 146 Å². The smallest absolute Gasteiger partial charge is 0.259 e. The quantitative estimate of drug-likeness (QED) is 0.742. The molecule has 1 aromatic heterocycles. The molecule has 0 atom stereocenters. The van der Waals surface area contributed by atoms with Gasteiger partial charge in [0.15, 0.2) is 0 Å². The van der Waals surface area contributed by atoms with Crippen LogP contribution in [0.25, 0.3) is 0 Å². The zero-order valence-corrected chi connectivity index (χ0v) is 14.2. The van der Waals surface area contributed by atoms with Gasteiger partial charge in [-0.25, -0.2) is 17.2 Å². The van der Waals surface area contributed by atoms with Crippen LogP contribution in [0.5, 0.6) is 0 Å². The standard InChI is InChI=1S/C17H11F2NO3S2/c18-11-4-3-5-12(10-11)25(22,23)16-9-8-15(24-16)20-17(21)13-6-1-2-7-14(13)19/h1-10H,(H,20,21). The number of hydrogen-bond acceptors (Lipinski definition) is 4. The first-order valence-electron chi connectivity index (χ1n) is 7.04. The van der Waals surface area contributed by atoms with E-state index < -0.39 is 27.4 Å². The van der Waals surface area contributed by atoms with Crippen LogP contribution in [0.1, 0.15) is 10.4 Å². The van der Waals surface area contributed by atoms with E-state index in [0.29, 0.717) is 0 Å². The fraction of sp³-hybridized carbons (Fsp3) is 0. The van der Waals surface area contributed by atoms with Gasteiger partial charge in [-0.2, -0.15) is 0 Å². The maximum Gasteiger partial charge on any atom is 0.259 e. The van der Waals surface area contributed by atoms with Gasteiger partial charge in [0.1, 0.15) is 15.8 Å². The molecule has 1 heterocycles. The van der Waals surface area contributed by atoms with Gasteiger partial charge in [-0.1, -0.05) is 18.2 Å². The molecule has 2 aromatic carbocycles. The van der Waals surface area contributed by atoms with Crippen molar-refractivity contribution in [2.75, 3.05) is 5.32 Å². The normalized spacial score (nSPS) is 11.3. The molecule has 0 radical (unpaired) electrons. The van der Waals surface area contributed by atoms with E-state index in [9.17, 15) is 22.0 Å². The van der Waals surface area contributed by atoms with Crippen LogP contribution in [0.4, 0.5) is 13.8 Å². The van der Waals surface area contributed by atoms with E-state index in [1.54, 1.807) is 0 Å².